The van der Waals surface area contributed by atoms with Crippen LogP contribution < -0.4 is 4.90 Å². The molecule has 2 fully saturated rings. The fraction of sp³-hybridized carbons (Fsp3) is 0.548. The van der Waals surface area contributed by atoms with Gasteiger partial charge in [-0.1, -0.05) is 25.1 Å². The Bertz CT molecular complexity index is 1470. The van der Waals surface area contributed by atoms with E-state index < -0.39 is 0 Å². The van der Waals surface area contributed by atoms with Crippen molar-refractivity contribution in [2.75, 3.05) is 37.6 Å². The molecule has 0 aliphatic carbocycles. The van der Waals surface area contributed by atoms with Crippen LogP contribution in [0.1, 0.15) is 70.2 Å². The summed E-state index contributed by atoms with van der Waals surface area (Å²) >= 11 is 7.12. The molecule has 2 aliphatic heterocycles. The van der Waals surface area contributed by atoms with Gasteiger partial charge in [0.1, 0.15) is 0 Å². The number of anilines is 1. The number of H-pyrrole nitrogens is 1. The third-order valence-electron chi connectivity index (χ3n) is 9.25. The number of carbonyl (C=O) groups is 2. The van der Waals surface area contributed by atoms with Crippen molar-refractivity contribution in [3.05, 3.63) is 41.2 Å². The maximum absolute atomic E-state index is 12.4. The second-order valence-corrected chi connectivity index (χ2v) is 12.2. The van der Waals surface area contributed by atoms with E-state index in [1.165, 1.54) is 6.08 Å². The molecule has 2 aromatic heterocycles. The van der Waals surface area contributed by atoms with Crippen LogP contribution in [0.25, 0.3) is 22.0 Å². The van der Waals surface area contributed by atoms with E-state index in [1.807, 2.05) is 29.0 Å². The fourth-order valence-electron chi connectivity index (χ4n) is 6.67. The summed E-state index contributed by atoms with van der Waals surface area (Å²) in [5.74, 6) is 1.02. The molecule has 4 heterocycles. The van der Waals surface area contributed by atoms with Crippen LogP contribution >= 0.6 is 11.6 Å². The number of hydrogen-bond donors (Lipinski definition) is 1. The number of rotatable bonds is 5. The highest BCUT2D eigenvalue weighted by Gasteiger charge is 2.41. The first-order valence-electron chi connectivity index (χ1n) is 14.8. The number of carbonyl (C=O) groups excluding carboxylic acids is 2. The number of nitrogens with one attached hydrogen (secondary N) is 1. The van der Waals surface area contributed by atoms with E-state index in [2.05, 4.69) is 47.1 Å². The lowest BCUT2D eigenvalue weighted by Crippen LogP contribution is -2.62. The molecule has 0 unspecified atom stereocenters. The number of piperazine rings is 1. The standard InChI is InChI=1S/C31H42ClN7O2/c1-7-26(41)36-13-9-11-23(12-10-14-36)39-21(4)27(28-24-18-33-34-25(24)17-20(3)29(28)32)30(35-39)38-16-15-37(22(5)40)19-31(38,6)8-2/h7,17-18,23H,1,8-16,19H2,2-6H3,(H,33,34)/t31-/m0/s1. The summed E-state index contributed by atoms with van der Waals surface area (Å²) in [6, 6.07) is 2.25. The first-order chi connectivity index (χ1) is 19.6. The molecule has 1 N–H and O–H groups in total. The van der Waals surface area contributed by atoms with Crippen LogP contribution in [-0.2, 0) is 9.59 Å². The predicted octanol–water partition coefficient (Wildman–Crippen LogP) is 5.66. The van der Waals surface area contributed by atoms with Crippen molar-refractivity contribution in [1.82, 2.24) is 29.8 Å². The molecule has 41 heavy (non-hydrogen) atoms. The summed E-state index contributed by atoms with van der Waals surface area (Å²) in [7, 11) is 0. The summed E-state index contributed by atoms with van der Waals surface area (Å²) in [5.41, 5.74) is 4.70. The zero-order valence-electron chi connectivity index (χ0n) is 25.0. The van der Waals surface area contributed by atoms with Crippen LogP contribution in [-0.4, -0.2) is 79.9 Å². The SMILES string of the molecule is C=CC(=O)N1CCCC(n2nc(N3CCN(C(C)=O)C[C@]3(C)CC)c(-c3c(Cl)c(C)cc4[nH]ncc34)c2C)CCC1. The second kappa shape index (κ2) is 11.5. The maximum atomic E-state index is 12.4. The molecule has 9 nitrogen and oxygen atoms in total. The van der Waals surface area contributed by atoms with Gasteiger partial charge in [-0.15, -0.1) is 0 Å². The number of aryl methyl sites for hydroxylation is 1. The van der Waals surface area contributed by atoms with Gasteiger partial charge in [0.05, 0.1) is 28.3 Å². The highest BCUT2D eigenvalue weighted by molar-refractivity contribution is 6.36. The summed E-state index contributed by atoms with van der Waals surface area (Å²) < 4.78 is 2.22. The number of aromatic amines is 1. The van der Waals surface area contributed by atoms with Gasteiger partial charge in [-0.05, 0) is 70.6 Å². The van der Waals surface area contributed by atoms with Crippen molar-refractivity contribution in [2.24, 2.45) is 0 Å². The van der Waals surface area contributed by atoms with Crippen LogP contribution in [0.4, 0.5) is 5.82 Å². The van der Waals surface area contributed by atoms with Gasteiger partial charge in [0.2, 0.25) is 11.8 Å². The lowest BCUT2D eigenvalue weighted by molar-refractivity contribution is -0.130. The van der Waals surface area contributed by atoms with Crippen LogP contribution in [0, 0.1) is 13.8 Å². The molecule has 0 saturated carbocycles. The van der Waals surface area contributed by atoms with Gasteiger partial charge in [0.15, 0.2) is 5.82 Å². The smallest absolute Gasteiger partial charge is 0.245 e. The first kappa shape index (κ1) is 29.2. The maximum Gasteiger partial charge on any atom is 0.245 e. The molecule has 3 aromatic rings. The Hall–Kier alpha value is -3.33. The second-order valence-electron chi connectivity index (χ2n) is 11.9. The lowest BCUT2D eigenvalue weighted by atomic mass is 9.91. The number of fused-ring (bicyclic) bond motifs is 1. The van der Waals surface area contributed by atoms with Gasteiger partial charge < -0.3 is 14.7 Å². The van der Waals surface area contributed by atoms with Crippen molar-refractivity contribution < 1.29 is 9.59 Å². The Kier molecular flexibility index (Phi) is 8.19. The number of hydrogen-bond acceptors (Lipinski definition) is 5. The summed E-state index contributed by atoms with van der Waals surface area (Å²) in [6.07, 6.45) is 7.77. The average molecular weight is 580 g/mol. The highest BCUT2D eigenvalue weighted by Crippen LogP contribution is 2.46. The van der Waals surface area contributed by atoms with Gasteiger partial charge in [0.25, 0.3) is 0 Å². The van der Waals surface area contributed by atoms with E-state index in [0.29, 0.717) is 24.7 Å². The van der Waals surface area contributed by atoms with E-state index in [9.17, 15) is 9.59 Å². The zero-order chi connectivity index (χ0) is 29.5. The molecule has 0 radical (unpaired) electrons. The van der Waals surface area contributed by atoms with E-state index in [4.69, 9.17) is 16.7 Å². The van der Waals surface area contributed by atoms with Gasteiger partial charge in [-0.2, -0.15) is 10.2 Å². The number of benzene rings is 1. The molecular formula is C31H42ClN7O2. The van der Waals surface area contributed by atoms with Crippen molar-refractivity contribution >= 4 is 40.1 Å². The van der Waals surface area contributed by atoms with Gasteiger partial charge in [-0.3, -0.25) is 19.4 Å². The normalized spacial score (nSPS) is 20.8. The van der Waals surface area contributed by atoms with E-state index in [1.54, 1.807) is 6.92 Å². The van der Waals surface area contributed by atoms with Gasteiger partial charge >= 0.3 is 0 Å². The van der Waals surface area contributed by atoms with Crippen molar-refractivity contribution in [1.29, 1.82) is 0 Å². The molecule has 0 spiro atoms. The molecule has 1 atom stereocenters. The van der Waals surface area contributed by atoms with Crippen LogP contribution in [0.2, 0.25) is 5.02 Å². The Balaban J connectivity index is 1.64. The Morgan fingerprint density at radius 2 is 1.85 bits per heavy atom. The van der Waals surface area contributed by atoms with Gasteiger partial charge in [-0.25, -0.2) is 0 Å². The number of halogens is 1. The molecule has 10 heteroatoms. The number of likely N-dealkylation sites (tertiary alicyclic amines) is 1. The van der Waals surface area contributed by atoms with Crippen LogP contribution in [0.5, 0.6) is 0 Å². The van der Waals surface area contributed by atoms with E-state index in [-0.39, 0.29) is 23.4 Å². The summed E-state index contributed by atoms with van der Waals surface area (Å²) in [6.45, 7) is 17.3. The first-order valence-corrected chi connectivity index (χ1v) is 15.1. The third-order valence-corrected chi connectivity index (χ3v) is 9.74. The molecular weight excluding hydrogens is 538 g/mol. The summed E-state index contributed by atoms with van der Waals surface area (Å²) in [4.78, 5) is 30.9. The number of nitrogens with zero attached hydrogens (tertiary/aromatic N) is 6. The molecule has 2 saturated heterocycles. The minimum Gasteiger partial charge on any atom is -0.346 e. The van der Waals surface area contributed by atoms with Crippen molar-refractivity contribution in [3.63, 3.8) is 0 Å². The number of amides is 2. The fourth-order valence-corrected chi connectivity index (χ4v) is 6.92. The Morgan fingerprint density at radius 3 is 2.49 bits per heavy atom. The average Bonchev–Trinajstić information content (AvgIpc) is 3.53. The lowest BCUT2D eigenvalue weighted by Gasteiger charge is -2.49. The topological polar surface area (TPSA) is 90.4 Å². The van der Waals surface area contributed by atoms with E-state index >= 15 is 0 Å². The van der Waals surface area contributed by atoms with Crippen molar-refractivity contribution in [3.8, 4) is 11.1 Å². The molecule has 2 amide bonds. The van der Waals surface area contributed by atoms with Crippen LogP contribution in [0.15, 0.2) is 24.9 Å². The monoisotopic (exact) mass is 579 g/mol. The minimum absolute atomic E-state index is 0.00469. The van der Waals surface area contributed by atoms with Crippen LogP contribution in [0.3, 0.4) is 0 Å². The minimum atomic E-state index is -0.289. The largest absolute Gasteiger partial charge is 0.346 e. The quantitative estimate of drug-likeness (QED) is 0.394. The molecule has 2 aliphatic rings. The predicted molar refractivity (Wildman–Crippen MR) is 164 cm³/mol. The molecule has 220 valence electrons. The van der Waals surface area contributed by atoms with Crippen molar-refractivity contribution in [2.45, 2.75) is 78.3 Å². The van der Waals surface area contributed by atoms with E-state index in [0.717, 1.165) is 84.3 Å². The molecule has 5 rings (SSSR count). The zero-order valence-corrected chi connectivity index (χ0v) is 25.7. The third kappa shape index (κ3) is 5.25. The number of aromatic nitrogens is 4. The summed E-state index contributed by atoms with van der Waals surface area (Å²) in [5, 5.41) is 14.6. The highest BCUT2D eigenvalue weighted by atomic mass is 35.5. The molecule has 0 bridgehead atoms. The Morgan fingerprint density at radius 1 is 1.15 bits per heavy atom. The van der Waals surface area contributed by atoms with Gasteiger partial charge in [0, 0.05) is 61.9 Å². The molecule has 1 aromatic carbocycles. The Labute approximate surface area is 247 Å².